The van der Waals surface area contributed by atoms with Crippen molar-refractivity contribution in [1.29, 1.82) is 0 Å². The molecule has 1 saturated carbocycles. The molecule has 0 aliphatic heterocycles. The maximum atomic E-state index is 11.2. The summed E-state index contributed by atoms with van der Waals surface area (Å²) in [7, 11) is 2.02. The Bertz CT molecular complexity index is 480. The Morgan fingerprint density at radius 2 is 1.79 bits per heavy atom. The van der Waals surface area contributed by atoms with Crippen LogP contribution in [0.2, 0.25) is 0 Å². The molecule has 1 aliphatic rings. The number of carboxylic acids is 1. The van der Waals surface area contributed by atoms with Crippen LogP contribution < -0.4 is 0 Å². The Morgan fingerprint density at radius 1 is 1.26 bits per heavy atom. The molecule has 3 heteroatoms. The lowest BCUT2D eigenvalue weighted by molar-refractivity contribution is -0.144. The fourth-order valence-electron chi connectivity index (χ4n) is 2.89. The lowest BCUT2D eigenvalue weighted by Crippen LogP contribution is -2.31. The molecule has 1 aromatic rings. The molecular weight excluding hydrogens is 238 g/mol. The number of carboxylic acid groups (broad SMARTS) is 1. The zero-order valence-electron chi connectivity index (χ0n) is 12.3. The van der Waals surface area contributed by atoms with Gasteiger partial charge in [0.05, 0.1) is 5.41 Å². The minimum absolute atomic E-state index is 0.471. The topological polar surface area (TPSA) is 40.5 Å². The predicted octanol–water partition coefficient (Wildman–Crippen LogP) is 2.91. The van der Waals surface area contributed by atoms with E-state index in [0.717, 1.165) is 19.4 Å². The van der Waals surface area contributed by atoms with E-state index in [0.29, 0.717) is 6.54 Å². The second kappa shape index (κ2) is 4.97. The van der Waals surface area contributed by atoms with Crippen LogP contribution in [0.1, 0.15) is 35.1 Å². The lowest BCUT2D eigenvalue weighted by atomic mass is 9.99. The molecule has 0 aromatic heterocycles. The van der Waals surface area contributed by atoms with Gasteiger partial charge in [-0.25, -0.2) is 0 Å². The molecule has 0 radical (unpaired) electrons. The molecule has 1 aliphatic carbocycles. The van der Waals surface area contributed by atoms with E-state index in [1.54, 1.807) is 0 Å². The van der Waals surface area contributed by atoms with Crippen LogP contribution in [0.4, 0.5) is 0 Å². The highest BCUT2D eigenvalue weighted by molar-refractivity contribution is 5.78. The number of carbonyl (C=O) groups is 1. The van der Waals surface area contributed by atoms with Crippen LogP contribution in [0, 0.1) is 26.2 Å². The summed E-state index contributed by atoms with van der Waals surface area (Å²) in [6.07, 6.45) is 1.64. The van der Waals surface area contributed by atoms with E-state index < -0.39 is 11.4 Å². The summed E-state index contributed by atoms with van der Waals surface area (Å²) < 4.78 is 0. The third kappa shape index (κ3) is 2.98. The van der Waals surface area contributed by atoms with Crippen molar-refractivity contribution in [2.45, 2.75) is 40.2 Å². The van der Waals surface area contributed by atoms with Crippen molar-refractivity contribution in [3.63, 3.8) is 0 Å². The van der Waals surface area contributed by atoms with Crippen LogP contribution in [0.5, 0.6) is 0 Å². The Hall–Kier alpha value is -1.35. The highest BCUT2D eigenvalue weighted by Gasteiger charge is 2.50. The minimum atomic E-state index is -0.642. The summed E-state index contributed by atoms with van der Waals surface area (Å²) in [6.45, 7) is 7.85. The van der Waals surface area contributed by atoms with E-state index in [2.05, 4.69) is 37.8 Å². The van der Waals surface area contributed by atoms with Crippen LogP contribution in [-0.4, -0.2) is 29.6 Å². The fourth-order valence-corrected chi connectivity index (χ4v) is 2.89. The van der Waals surface area contributed by atoms with E-state index in [1.165, 1.54) is 22.3 Å². The molecule has 2 rings (SSSR count). The maximum absolute atomic E-state index is 11.2. The van der Waals surface area contributed by atoms with Gasteiger partial charge in [-0.3, -0.25) is 4.79 Å². The molecule has 0 unspecified atom stereocenters. The van der Waals surface area contributed by atoms with Crippen LogP contribution in [0.3, 0.4) is 0 Å². The van der Waals surface area contributed by atoms with Gasteiger partial charge < -0.3 is 10.0 Å². The number of rotatable bonds is 5. The molecule has 104 valence electrons. The van der Waals surface area contributed by atoms with E-state index in [-0.39, 0.29) is 0 Å². The monoisotopic (exact) mass is 261 g/mol. The summed E-state index contributed by atoms with van der Waals surface area (Å²) in [6, 6.07) is 4.39. The molecule has 0 atom stereocenters. The van der Waals surface area contributed by atoms with Crippen molar-refractivity contribution in [3.8, 4) is 0 Å². The lowest BCUT2D eigenvalue weighted by Gasteiger charge is -2.23. The molecule has 0 saturated heterocycles. The number of hydrogen-bond acceptors (Lipinski definition) is 2. The van der Waals surface area contributed by atoms with Crippen molar-refractivity contribution in [1.82, 2.24) is 4.90 Å². The van der Waals surface area contributed by atoms with Crippen LogP contribution in [0.15, 0.2) is 12.1 Å². The van der Waals surface area contributed by atoms with E-state index >= 15 is 0 Å². The highest BCUT2D eigenvalue weighted by atomic mass is 16.4. The molecule has 1 fully saturated rings. The Kier molecular flexibility index (Phi) is 3.68. The predicted molar refractivity (Wildman–Crippen MR) is 76.3 cm³/mol. The van der Waals surface area contributed by atoms with Crippen molar-refractivity contribution < 1.29 is 9.90 Å². The fraction of sp³-hybridized carbons (Fsp3) is 0.562. The average Bonchev–Trinajstić information content (AvgIpc) is 3.04. The van der Waals surface area contributed by atoms with Gasteiger partial charge in [-0.15, -0.1) is 0 Å². The molecule has 1 N–H and O–H groups in total. The van der Waals surface area contributed by atoms with Gasteiger partial charge >= 0.3 is 5.97 Å². The van der Waals surface area contributed by atoms with Gasteiger partial charge in [0.25, 0.3) is 0 Å². The van der Waals surface area contributed by atoms with Crippen LogP contribution in [-0.2, 0) is 11.3 Å². The van der Waals surface area contributed by atoms with Crippen molar-refractivity contribution >= 4 is 5.97 Å². The van der Waals surface area contributed by atoms with Crippen molar-refractivity contribution in [3.05, 3.63) is 34.4 Å². The summed E-state index contributed by atoms with van der Waals surface area (Å²) in [5.74, 6) is -0.642. The Balaban J connectivity index is 2.07. The first-order valence-electron chi connectivity index (χ1n) is 6.83. The van der Waals surface area contributed by atoms with Gasteiger partial charge in [-0.2, -0.15) is 0 Å². The molecule has 19 heavy (non-hydrogen) atoms. The van der Waals surface area contributed by atoms with Gasteiger partial charge in [0.15, 0.2) is 0 Å². The molecule has 0 amide bonds. The van der Waals surface area contributed by atoms with E-state index in [1.807, 2.05) is 7.05 Å². The van der Waals surface area contributed by atoms with Crippen LogP contribution >= 0.6 is 0 Å². The Labute approximate surface area is 115 Å². The number of hydrogen-bond donors (Lipinski definition) is 1. The first-order valence-corrected chi connectivity index (χ1v) is 6.83. The smallest absolute Gasteiger partial charge is 0.310 e. The van der Waals surface area contributed by atoms with Gasteiger partial charge in [0.2, 0.25) is 0 Å². The third-order valence-corrected chi connectivity index (χ3v) is 4.15. The average molecular weight is 261 g/mol. The number of aliphatic carboxylic acids is 1. The van der Waals surface area contributed by atoms with E-state index in [9.17, 15) is 9.90 Å². The SMILES string of the molecule is Cc1cc(C)c(CN(C)CC2(C(=O)O)CC2)c(C)c1. The molecule has 1 aromatic carbocycles. The summed E-state index contributed by atoms with van der Waals surface area (Å²) >= 11 is 0. The highest BCUT2D eigenvalue weighted by Crippen LogP contribution is 2.46. The van der Waals surface area contributed by atoms with E-state index in [4.69, 9.17) is 0 Å². The van der Waals surface area contributed by atoms with Crippen molar-refractivity contribution in [2.24, 2.45) is 5.41 Å². The first-order chi connectivity index (χ1) is 8.84. The third-order valence-electron chi connectivity index (χ3n) is 4.15. The number of nitrogens with zero attached hydrogens (tertiary/aromatic N) is 1. The normalized spacial score (nSPS) is 16.7. The molecule has 0 heterocycles. The zero-order chi connectivity index (χ0) is 14.2. The van der Waals surface area contributed by atoms with Gasteiger partial charge in [0.1, 0.15) is 0 Å². The van der Waals surface area contributed by atoms with Gasteiger partial charge in [-0.05, 0) is 57.4 Å². The standard InChI is InChI=1S/C16H23NO2/c1-11-7-12(2)14(13(3)8-11)9-17(4)10-16(5-6-16)15(18)19/h7-8H,5-6,9-10H2,1-4H3,(H,18,19). The largest absolute Gasteiger partial charge is 0.481 e. The summed E-state index contributed by atoms with van der Waals surface area (Å²) in [5.41, 5.74) is 4.73. The maximum Gasteiger partial charge on any atom is 0.310 e. The summed E-state index contributed by atoms with van der Waals surface area (Å²) in [4.78, 5) is 13.4. The number of benzene rings is 1. The van der Waals surface area contributed by atoms with Gasteiger partial charge in [0, 0.05) is 13.1 Å². The molecule has 0 spiro atoms. The quantitative estimate of drug-likeness (QED) is 0.886. The van der Waals surface area contributed by atoms with Gasteiger partial charge in [-0.1, -0.05) is 17.7 Å². The molecule has 0 bridgehead atoms. The number of aryl methyl sites for hydroxylation is 3. The summed E-state index contributed by atoms with van der Waals surface area (Å²) in [5, 5.41) is 9.24. The molecule has 3 nitrogen and oxygen atoms in total. The van der Waals surface area contributed by atoms with Crippen LogP contribution in [0.25, 0.3) is 0 Å². The Morgan fingerprint density at radius 3 is 2.21 bits per heavy atom. The first kappa shape index (κ1) is 14.1. The molecular formula is C16H23NO2. The minimum Gasteiger partial charge on any atom is -0.481 e. The zero-order valence-corrected chi connectivity index (χ0v) is 12.3. The second-order valence-electron chi connectivity index (χ2n) is 6.14. The van der Waals surface area contributed by atoms with Crippen molar-refractivity contribution in [2.75, 3.05) is 13.6 Å². The second-order valence-corrected chi connectivity index (χ2v) is 6.14.